The maximum atomic E-state index is 5.11. The van der Waals surface area contributed by atoms with E-state index in [1.54, 1.807) is 6.26 Å². The van der Waals surface area contributed by atoms with Crippen LogP contribution in [0.2, 0.25) is 0 Å². The lowest BCUT2D eigenvalue weighted by Gasteiger charge is -2.30. The van der Waals surface area contributed by atoms with Crippen LogP contribution in [-0.2, 0) is 6.42 Å². The molecule has 18 heavy (non-hydrogen) atoms. The maximum Gasteiger partial charge on any atom is 0.147 e. The van der Waals surface area contributed by atoms with Gasteiger partial charge in [0.1, 0.15) is 12.0 Å². The fourth-order valence-electron chi connectivity index (χ4n) is 3.06. The number of fused-ring (bicyclic) bond motifs is 1. The standard InChI is InChI=1S/C15H18N2O/c1-10-12-6-4-3-5-11(12)7-8-13(10)15-14(16-2)9-18-17-15/h3-6,9-10,13,16H,7-8H2,1-2H3. The summed E-state index contributed by atoms with van der Waals surface area (Å²) in [5.41, 5.74) is 5.03. The Balaban J connectivity index is 1.98. The average molecular weight is 242 g/mol. The van der Waals surface area contributed by atoms with E-state index < -0.39 is 0 Å². The normalized spacial score (nSPS) is 22.6. The number of benzene rings is 1. The Kier molecular flexibility index (Phi) is 2.82. The van der Waals surface area contributed by atoms with Gasteiger partial charge in [-0.3, -0.25) is 0 Å². The second kappa shape index (κ2) is 4.48. The molecule has 0 saturated heterocycles. The van der Waals surface area contributed by atoms with Gasteiger partial charge in [-0.1, -0.05) is 36.3 Å². The van der Waals surface area contributed by atoms with Gasteiger partial charge in [0.15, 0.2) is 0 Å². The van der Waals surface area contributed by atoms with Crippen molar-refractivity contribution in [2.45, 2.75) is 31.6 Å². The number of aryl methyl sites for hydroxylation is 1. The molecule has 1 aromatic heterocycles. The first kappa shape index (κ1) is 11.3. The van der Waals surface area contributed by atoms with Crippen molar-refractivity contribution in [1.82, 2.24) is 5.16 Å². The first-order valence-electron chi connectivity index (χ1n) is 6.51. The van der Waals surface area contributed by atoms with Crippen molar-refractivity contribution >= 4 is 5.69 Å². The Labute approximate surface area is 107 Å². The summed E-state index contributed by atoms with van der Waals surface area (Å²) in [5.74, 6) is 0.938. The van der Waals surface area contributed by atoms with Gasteiger partial charge in [-0.25, -0.2) is 0 Å². The highest BCUT2D eigenvalue weighted by molar-refractivity contribution is 5.48. The second-order valence-corrected chi connectivity index (χ2v) is 5.00. The lowest BCUT2D eigenvalue weighted by molar-refractivity contribution is 0.390. The number of nitrogens with zero attached hydrogens (tertiary/aromatic N) is 1. The average Bonchev–Trinajstić information content (AvgIpc) is 2.88. The van der Waals surface area contributed by atoms with Gasteiger partial charge in [0.05, 0.1) is 5.69 Å². The van der Waals surface area contributed by atoms with Crippen molar-refractivity contribution < 1.29 is 4.52 Å². The highest BCUT2D eigenvalue weighted by atomic mass is 16.5. The highest BCUT2D eigenvalue weighted by Gasteiger charge is 2.30. The van der Waals surface area contributed by atoms with Crippen LogP contribution in [0.25, 0.3) is 0 Å². The first-order chi connectivity index (χ1) is 8.81. The van der Waals surface area contributed by atoms with E-state index in [0.717, 1.165) is 24.2 Å². The minimum absolute atomic E-state index is 0.445. The molecule has 0 amide bonds. The van der Waals surface area contributed by atoms with Gasteiger partial charge in [0.2, 0.25) is 0 Å². The zero-order chi connectivity index (χ0) is 12.5. The molecular formula is C15H18N2O. The number of anilines is 1. The molecule has 0 spiro atoms. The third-order valence-electron chi connectivity index (χ3n) is 4.09. The highest BCUT2D eigenvalue weighted by Crippen LogP contribution is 2.43. The minimum Gasteiger partial charge on any atom is -0.384 e. The molecule has 1 aromatic carbocycles. The molecule has 2 aromatic rings. The van der Waals surface area contributed by atoms with Crippen LogP contribution in [0.3, 0.4) is 0 Å². The summed E-state index contributed by atoms with van der Waals surface area (Å²) in [6.45, 7) is 2.29. The third kappa shape index (κ3) is 1.70. The van der Waals surface area contributed by atoms with Crippen LogP contribution in [0.15, 0.2) is 35.1 Å². The van der Waals surface area contributed by atoms with Crippen molar-refractivity contribution in [1.29, 1.82) is 0 Å². The molecule has 3 heteroatoms. The molecule has 2 atom stereocenters. The molecule has 0 bridgehead atoms. The van der Waals surface area contributed by atoms with Crippen molar-refractivity contribution in [3.63, 3.8) is 0 Å². The zero-order valence-electron chi connectivity index (χ0n) is 10.8. The smallest absolute Gasteiger partial charge is 0.147 e. The fraction of sp³-hybridized carbons (Fsp3) is 0.400. The minimum atomic E-state index is 0.445. The van der Waals surface area contributed by atoms with E-state index in [2.05, 4.69) is 41.7 Å². The van der Waals surface area contributed by atoms with Crippen LogP contribution in [0.1, 0.15) is 42.0 Å². The Hall–Kier alpha value is -1.77. The summed E-state index contributed by atoms with van der Waals surface area (Å²) >= 11 is 0. The van der Waals surface area contributed by atoms with Crippen LogP contribution >= 0.6 is 0 Å². The summed E-state index contributed by atoms with van der Waals surface area (Å²) in [6.07, 6.45) is 3.96. The predicted molar refractivity (Wildman–Crippen MR) is 72.0 cm³/mol. The van der Waals surface area contributed by atoms with Crippen LogP contribution in [0, 0.1) is 0 Å². The lowest BCUT2D eigenvalue weighted by atomic mass is 9.74. The molecule has 3 rings (SSSR count). The maximum absolute atomic E-state index is 5.11. The molecule has 1 heterocycles. The van der Waals surface area contributed by atoms with E-state index in [0.29, 0.717) is 11.8 Å². The van der Waals surface area contributed by atoms with Gasteiger partial charge in [-0.2, -0.15) is 0 Å². The quantitative estimate of drug-likeness (QED) is 0.875. The molecule has 3 nitrogen and oxygen atoms in total. The summed E-state index contributed by atoms with van der Waals surface area (Å²) in [4.78, 5) is 0. The monoisotopic (exact) mass is 242 g/mol. The number of hydrogen-bond acceptors (Lipinski definition) is 3. The van der Waals surface area contributed by atoms with Crippen molar-refractivity contribution in [3.05, 3.63) is 47.3 Å². The van der Waals surface area contributed by atoms with Gasteiger partial charge < -0.3 is 9.84 Å². The topological polar surface area (TPSA) is 38.1 Å². The number of hydrogen-bond donors (Lipinski definition) is 1. The summed E-state index contributed by atoms with van der Waals surface area (Å²) in [5, 5.41) is 7.36. The molecule has 94 valence electrons. The Morgan fingerprint density at radius 1 is 1.33 bits per heavy atom. The van der Waals surface area contributed by atoms with E-state index in [9.17, 15) is 0 Å². The number of rotatable bonds is 2. The van der Waals surface area contributed by atoms with Gasteiger partial charge in [-0.15, -0.1) is 0 Å². The molecule has 1 N–H and O–H groups in total. The Bertz CT molecular complexity index is 547. The zero-order valence-corrected chi connectivity index (χ0v) is 10.8. The van der Waals surface area contributed by atoms with Crippen molar-refractivity contribution in [3.8, 4) is 0 Å². The van der Waals surface area contributed by atoms with Crippen LogP contribution < -0.4 is 5.32 Å². The van der Waals surface area contributed by atoms with Gasteiger partial charge in [0.25, 0.3) is 0 Å². The molecule has 0 aliphatic heterocycles. The summed E-state index contributed by atoms with van der Waals surface area (Å²) in [7, 11) is 1.91. The third-order valence-corrected chi connectivity index (χ3v) is 4.09. The first-order valence-corrected chi connectivity index (χ1v) is 6.51. The Morgan fingerprint density at radius 2 is 2.17 bits per heavy atom. The molecule has 2 unspecified atom stereocenters. The van der Waals surface area contributed by atoms with Crippen LogP contribution in [0.4, 0.5) is 5.69 Å². The summed E-state index contributed by atoms with van der Waals surface area (Å²) in [6, 6.07) is 8.73. The largest absolute Gasteiger partial charge is 0.384 e. The van der Waals surface area contributed by atoms with Crippen molar-refractivity contribution in [2.75, 3.05) is 12.4 Å². The molecule has 0 radical (unpaired) electrons. The molecule has 0 fully saturated rings. The van der Waals surface area contributed by atoms with E-state index in [1.165, 1.54) is 11.1 Å². The van der Waals surface area contributed by atoms with Crippen LogP contribution in [0.5, 0.6) is 0 Å². The number of nitrogens with one attached hydrogen (secondary N) is 1. The lowest BCUT2D eigenvalue weighted by Crippen LogP contribution is -2.18. The second-order valence-electron chi connectivity index (χ2n) is 5.00. The predicted octanol–water partition coefficient (Wildman–Crippen LogP) is 3.55. The van der Waals surface area contributed by atoms with Gasteiger partial charge >= 0.3 is 0 Å². The number of aromatic nitrogens is 1. The SMILES string of the molecule is CNc1conc1C1CCc2ccccc2C1C. The fourth-order valence-corrected chi connectivity index (χ4v) is 3.06. The van der Waals surface area contributed by atoms with Crippen molar-refractivity contribution in [2.24, 2.45) is 0 Å². The Morgan fingerprint density at radius 3 is 3.00 bits per heavy atom. The van der Waals surface area contributed by atoms with Crippen LogP contribution in [-0.4, -0.2) is 12.2 Å². The van der Waals surface area contributed by atoms with E-state index in [-0.39, 0.29) is 0 Å². The molecular weight excluding hydrogens is 224 g/mol. The van der Waals surface area contributed by atoms with Gasteiger partial charge in [-0.05, 0) is 29.9 Å². The van der Waals surface area contributed by atoms with E-state index in [1.807, 2.05) is 7.05 Å². The molecule has 0 saturated carbocycles. The summed E-state index contributed by atoms with van der Waals surface area (Å²) < 4.78 is 5.11. The van der Waals surface area contributed by atoms with E-state index >= 15 is 0 Å². The molecule has 1 aliphatic rings. The van der Waals surface area contributed by atoms with E-state index in [4.69, 9.17) is 4.52 Å². The van der Waals surface area contributed by atoms with Gasteiger partial charge in [0, 0.05) is 13.0 Å². The molecule has 1 aliphatic carbocycles.